The van der Waals surface area contributed by atoms with Crippen LogP contribution in [0.3, 0.4) is 0 Å². The Balaban J connectivity index is 1.66. The molecule has 0 radical (unpaired) electrons. The minimum atomic E-state index is 0.203. The van der Waals surface area contributed by atoms with Crippen molar-refractivity contribution in [2.24, 2.45) is 10.4 Å². The molecule has 2 unspecified atom stereocenters. The molecule has 26 heavy (non-hydrogen) atoms. The zero-order chi connectivity index (χ0) is 18.6. The van der Waals surface area contributed by atoms with Crippen LogP contribution >= 0.6 is 0 Å². The quantitative estimate of drug-likeness (QED) is 0.643. The summed E-state index contributed by atoms with van der Waals surface area (Å²) in [6, 6.07) is 8.43. The van der Waals surface area contributed by atoms with Crippen molar-refractivity contribution in [3.63, 3.8) is 0 Å². The average Bonchev–Trinajstić information content (AvgIpc) is 3.29. The van der Waals surface area contributed by atoms with Crippen LogP contribution in [0.25, 0.3) is 0 Å². The van der Waals surface area contributed by atoms with Crippen LogP contribution in [0.1, 0.15) is 24.4 Å². The molecule has 6 heteroatoms. The second-order valence-electron chi connectivity index (χ2n) is 7.62. The first-order valence-electron chi connectivity index (χ1n) is 9.41. The second-order valence-corrected chi connectivity index (χ2v) is 7.62. The number of nitrogens with zero attached hydrogens (tertiary/aromatic N) is 3. The van der Waals surface area contributed by atoms with E-state index in [1.165, 1.54) is 18.4 Å². The maximum Gasteiger partial charge on any atom is 0.193 e. The summed E-state index contributed by atoms with van der Waals surface area (Å²) in [7, 11) is 7.79. The molecule has 2 saturated heterocycles. The summed E-state index contributed by atoms with van der Waals surface area (Å²) in [5.74, 6) is 1.90. The molecule has 2 fully saturated rings. The van der Waals surface area contributed by atoms with Gasteiger partial charge in [-0.05, 0) is 33.0 Å². The topological polar surface area (TPSA) is 49.3 Å². The Bertz CT molecular complexity index is 626. The number of hydrogen-bond acceptors (Lipinski definition) is 4. The van der Waals surface area contributed by atoms with Crippen LogP contribution < -0.4 is 10.1 Å². The number of para-hydroxylation sites is 1. The van der Waals surface area contributed by atoms with Crippen molar-refractivity contribution in [1.29, 1.82) is 0 Å². The summed E-state index contributed by atoms with van der Waals surface area (Å²) in [5.41, 5.74) is 1.52. The van der Waals surface area contributed by atoms with Crippen LogP contribution in [-0.4, -0.2) is 76.9 Å². The van der Waals surface area contributed by atoms with Gasteiger partial charge in [0.2, 0.25) is 0 Å². The van der Waals surface area contributed by atoms with Gasteiger partial charge in [-0.15, -0.1) is 0 Å². The maximum atomic E-state index is 5.65. The number of likely N-dealkylation sites (N-methyl/N-ethyl adjacent to an activating group) is 1. The SMILES string of the molecule is CN=C(NCC(c1ccccc1OC)N(C)C)N1CCC2(CCOC2)C1. The van der Waals surface area contributed by atoms with Crippen LogP contribution in [0.5, 0.6) is 5.75 Å². The molecule has 6 nitrogen and oxygen atoms in total. The van der Waals surface area contributed by atoms with E-state index in [9.17, 15) is 0 Å². The van der Waals surface area contributed by atoms with Crippen LogP contribution in [0.4, 0.5) is 0 Å². The summed E-state index contributed by atoms with van der Waals surface area (Å²) in [5, 5.41) is 3.59. The van der Waals surface area contributed by atoms with Gasteiger partial charge in [-0.2, -0.15) is 0 Å². The number of methoxy groups -OCH3 is 1. The highest BCUT2D eigenvalue weighted by Gasteiger charge is 2.42. The summed E-state index contributed by atoms with van der Waals surface area (Å²) >= 11 is 0. The fourth-order valence-corrected chi connectivity index (χ4v) is 4.12. The van der Waals surface area contributed by atoms with E-state index in [4.69, 9.17) is 9.47 Å². The summed E-state index contributed by atoms with van der Waals surface area (Å²) in [6.45, 7) is 4.65. The largest absolute Gasteiger partial charge is 0.496 e. The lowest BCUT2D eigenvalue weighted by Gasteiger charge is -2.30. The molecule has 2 atom stereocenters. The molecular formula is C20H32N4O2. The summed E-state index contributed by atoms with van der Waals surface area (Å²) in [6.07, 6.45) is 2.36. The summed E-state index contributed by atoms with van der Waals surface area (Å²) in [4.78, 5) is 9.13. The number of rotatable bonds is 5. The highest BCUT2D eigenvalue weighted by atomic mass is 16.5. The molecule has 1 N–H and O–H groups in total. The Morgan fingerprint density at radius 2 is 2.19 bits per heavy atom. The molecule has 1 spiro atoms. The highest BCUT2D eigenvalue weighted by molar-refractivity contribution is 5.80. The van der Waals surface area contributed by atoms with E-state index in [-0.39, 0.29) is 6.04 Å². The van der Waals surface area contributed by atoms with Gasteiger partial charge in [0.05, 0.1) is 19.8 Å². The predicted molar refractivity (Wildman–Crippen MR) is 105 cm³/mol. The van der Waals surface area contributed by atoms with E-state index in [2.05, 4.69) is 46.3 Å². The van der Waals surface area contributed by atoms with Crippen molar-refractivity contribution in [3.05, 3.63) is 29.8 Å². The minimum Gasteiger partial charge on any atom is -0.496 e. The second kappa shape index (κ2) is 8.27. The van der Waals surface area contributed by atoms with E-state index >= 15 is 0 Å². The number of hydrogen-bond donors (Lipinski definition) is 1. The predicted octanol–water partition coefficient (Wildman–Crippen LogP) is 1.99. The first kappa shape index (κ1) is 19.0. The fourth-order valence-electron chi connectivity index (χ4n) is 4.12. The Labute approximate surface area is 157 Å². The van der Waals surface area contributed by atoms with Crippen LogP contribution in [0.2, 0.25) is 0 Å². The van der Waals surface area contributed by atoms with Crippen molar-refractivity contribution in [3.8, 4) is 5.75 Å². The van der Waals surface area contributed by atoms with Crippen molar-refractivity contribution >= 4 is 5.96 Å². The van der Waals surface area contributed by atoms with Crippen molar-refractivity contribution in [2.45, 2.75) is 18.9 Å². The van der Waals surface area contributed by atoms with Gasteiger partial charge in [0.15, 0.2) is 5.96 Å². The molecule has 0 bridgehead atoms. The van der Waals surface area contributed by atoms with Crippen molar-refractivity contribution in [1.82, 2.24) is 15.1 Å². The molecule has 1 aromatic rings. The van der Waals surface area contributed by atoms with Crippen LogP contribution in [0.15, 0.2) is 29.3 Å². The van der Waals surface area contributed by atoms with Crippen molar-refractivity contribution in [2.75, 3.05) is 61.1 Å². The third-order valence-electron chi connectivity index (χ3n) is 5.71. The van der Waals surface area contributed by atoms with Gasteiger partial charge in [-0.25, -0.2) is 0 Å². The lowest BCUT2D eigenvalue weighted by molar-refractivity contribution is 0.156. The fraction of sp³-hybridized carbons (Fsp3) is 0.650. The third-order valence-corrected chi connectivity index (χ3v) is 5.71. The molecule has 1 aromatic carbocycles. The minimum absolute atomic E-state index is 0.203. The average molecular weight is 361 g/mol. The standard InChI is InChI=1S/C20H32N4O2/c1-21-19(24-11-9-20(14-24)10-12-26-15-20)22-13-17(23(2)3)16-7-5-6-8-18(16)25-4/h5-8,17H,9-15H2,1-4H3,(H,21,22). The number of benzene rings is 1. The van der Waals surface area contributed by atoms with E-state index in [1.54, 1.807) is 7.11 Å². The monoisotopic (exact) mass is 360 g/mol. The van der Waals surface area contributed by atoms with Crippen molar-refractivity contribution < 1.29 is 9.47 Å². The molecule has 0 aromatic heterocycles. The first-order chi connectivity index (χ1) is 12.6. The molecule has 2 aliphatic rings. The smallest absolute Gasteiger partial charge is 0.193 e. The Morgan fingerprint density at radius 3 is 2.85 bits per heavy atom. The van der Waals surface area contributed by atoms with Gasteiger partial charge < -0.3 is 24.6 Å². The Kier molecular flexibility index (Phi) is 6.04. The van der Waals surface area contributed by atoms with Gasteiger partial charge >= 0.3 is 0 Å². The Morgan fingerprint density at radius 1 is 1.38 bits per heavy atom. The zero-order valence-corrected chi connectivity index (χ0v) is 16.5. The molecule has 0 aliphatic carbocycles. The summed E-state index contributed by atoms with van der Waals surface area (Å²) < 4.78 is 11.2. The normalized spacial score (nSPS) is 24.5. The zero-order valence-electron chi connectivity index (χ0n) is 16.5. The number of guanidine groups is 1. The van der Waals surface area contributed by atoms with E-state index < -0.39 is 0 Å². The molecule has 0 saturated carbocycles. The lowest BCUT2D eigenvalue weighted by Crippen LogP contribution is -2.44. The molecule has 0 amide bonds. The molecule has 3 rings (SSSR count). The van der Waals surface area contributed by atoms with Crippen LogP contribution in [-0.2, 0) is 4.74 Å². The first-order valence-corrected chi connectivity index (χ1v) is 9.41. The van der Waals surface area contributed by atoms with Gasteiger partial charge in [0, 0.05) is 44.3 Å². The molecule has 2 heterocycles. The lowest BCUT2D eigenvalue weighted by atomic mass is 9.87. The van der Waals surface area contributed by atoms with Gasteiger partial charge in [-0.1, -0.05) is 18.2 Å². The Hall–Kier alpha value is -1.79. The van der Waals surface area contributed by atoms with Gasteiger partial charge in [-0.3, -0.25) is 4.99 Å². The van der Waals surface area contributed by atoms with E-state index in [1.807, 2.05) is 19.2 Å². The van der Waals surface area contributed by atoms with Crippen LogP contribution in [0, 0.1) is 5.41 Å². The maximum absolute atomic E-state index is 5.65. The van der Waals surface area contributed by atoms with Gasteiger partial charge in [0.1, 0.15) is 5.75 Å². The van der Waals surface area contributed by atoms with Gasteiger partial charge in [0.25, 0.3) is 0 Å². The van der Waals surface area contributed by atoms with E-state index in [0.29, 0.717) is 5.41 Å². The van der Waals surface area contributed by atoms with E-state index in [0.717, 1.165) is 44.6 Å². The molecular weight excluding hydrogens is 328 g/mol. The number of aliphatic imine (C=N–C) groups is 1. The molecule has 2 aliphatic heterocycles. The molecule has 144 valence electrons. The third kappa shape index (κ3) is 3.96. The number of nitrogens with one attached hydrogen (secondary N) is 1. The number of ether oxygens (including phenoxy) is 2. The number of likely N-dealkylation sites (tertiary alicyclic amines) is 1. The highest BCUT2D eigenvalue weighted by Crippen LogP contribution is 2.38.